The second kappa shape index (κ2) is 6.87. The molecule has 3 nitrogen and oxygen atoms in total. The highest BCUT2D eigenvalue weighted by Crippen LogP contribution is 2.08. The van der Waals surface area contributed by atoms with E-state index < -0.39 is 6.04 Å². The van der Waals surface area contributed by atoms with E-state index in [1.807, 2.05) is 61.5 Å². The van der Waals surface area contributed by atoms with Gasteiger partial charge in [-0.05, 0) is 24.5 Å². The van der Waals surface area contributed by atoms with Gasteiger partial charge >= 0.3 is 5.97 Å². The van der Waals surface area contributed by atoms with E-state index in [0.29, 0.717) is 6.42 Å². The summed E-state index contributed by atoms with van der Waals surface area (Å²) in [6.07, 6.45) is 0.495. The molecule has 2 N–H and O–H groups in total. The second-order valence-corrected chi connectivity index (χ2v) is 4.89. The van der Waals surface area contributed by atoms with E-state index in [1.54, 1.807) is 0 Å². The lowest BCUT2D eigenvalue weighted by Gasteiger charge is -2.12. The quantitative estimate of drug-likeness (QED) is 0.849. The largest absolute Gasteiger partial charge is 0.460 e. The highest BCUT2D eigenvalue weighted by atomic mass is 16.5. The summed E-state index contributed by atoms with van der Waals surface area (Å²) >= 11 is 0. The Morgan fingerprint density at radius 2 is 1.80 bits per heavy atom. The predicted octanol–water partition coefficient (Wildman–Crippen LogP) is 2.61. The summed E-state index contributed by atoms with van der Waals surface area (Å²) in [6, 6.07) is 16.9. The number of aryl methyl sites for hydroxylation is 1. The van der Waals surface area contributed by atoms with Gasteiger partial charge in [-0.3, -0.25) is 4.79 Å². The van der Waals surface area contributed by atoms with Gasteiger partial charge in [-0.1, -0.05) is 60.2 Å². The first-order valence-corrected chi connectivity index (χ1v) is 6.67. The van der Waals surface area contributed by atoms with Gasteiger partial charge in [-0.25, -0.2) is 0 Å². The molecule has 0 aromatic heterocycles. The second-order valence-electron chi connectivity index (χ2n) is 4.89. The summed E-state index contributed by atoms with van der Waals surface area (Å²) in [6.45, 7) is 2.28. The van der Waals surface area contributed by atoms with E-state index in [9.17, 15) is 4.79 Å². The van der Waals surface area contributed by atoms with E-state index in [4.69, 9.17) is 10.5 Å². The van der Waals surface area contributed by atoms with Gasteiger partial charge < -0.3 is 10.5 Å². The SMILES string of the molecule is Cc1cccc(CC(N)C(=O)OCc2ccccc2)c1. The van der Waals surface area contributed by atoms with Crippen molar-refractivity contribution in [2.75, 3.05) is 0 Å². The molecule has 0 bridgehead atoms. The average Bonchev–Trinajstić information content (AvgIpc) is 2.46. The fraction of sp³-hybridized carbons (Fsp3) is 0.235. The highest BCUT2D eigenvalue weighted by Gasteiger charge is 2.15. The maximum atomic E-state index is 11.9. The van der Waals surface area contributed by atoms with Crippen molar-refractivity contribution in [3.63, 3.8) is 0 Å². The Kier molecular flexibility index (Phi) is 4.91. The summed E-state index contributed by atoms with van der Waals surface area (Å²) in [5, 5.41) is 0. The van der Waals surface area contributed by atoms with E-state index in [2.05, 4.69) is 0 Å². The molecule has 2 aromatic rings. The van der Waals surface area contributed by atoms with Gasteiger partial charge in [0.15, 0.2) is 0 Å². The third-order valence-electron chi connectivity index (χ3n) is 3.06. The van der Waals surface area contributed by atoms with Crippen LogP contribution in [0.4, 0.5) is 0 Å². The van der Waals surface area contributed by atoms with Crippen LogP contribution in [0.25, 0.3) is 0 Å². The Morgan fingerprint density at radius 3 is 2.50 bits per heavy atom. The number of nitrogens with two attached hydrogens (primary N) is 1. The lowest BCUT2D eigenvalue weighted by atomic mass is 10.0. The normalized spacial score (nSPS) is 11.9. The molecule has 2 rings (SSSR count). The number of carbonyl (C=O) groups excluding carboxylic acids is 1. The number of esters is 1. The summed E-state index contributed by atoms with van der Waals surface area (Å²) in [4.78, 5) is 11.9. The van der Waals surface area contributed by atoms with Crippen LogP contribution in [0.3, 0.4) is 0 Å². The van der Waals surface area contributed by atoms with Gasteiger partial charge in [-0.2, -0.15) is 0 Å². The van der Waals surface area contributed by atoms with Gasteiger partial charge in [0.2, 0.25) is 0 Å². The Balaban J connectivity index is 1.86. The first-order valence-electron chi connectivity index (χ1n) is 6.67. The predicted molar refractivity (Wildman–Crippen MR) is 79.1 cm³/mol. The molecule has 1 unspecified atom stereocenters. The van der Waals surface area contributed by atoms with Crippen molar-refractivity contribution >= 4 is 5.97 Å². The van der Waals surface area contributed by atoms with Crippen LogP contribution in [0.1, 0.15) is 16.7 Å². The number of hydrogen-bond acceptors (Lipinski definition) is 3. The maximum Gasteiger partial charge on any atom is 0.323 e. The van der Waals surface area contributed by atoms with Crippen LogP contribution < -0.4 is 5.73 Å². The monoisotopic (exact) mass is 269 g/mol. The van der Waals surface area contributed by atoms with E-state index in [0.717, 1.165) is 16.7 Å². The van der Waals surface area contributed by atoms with Crippen LogP contribution in [0.15, 0.2) is 54.6 Å². The Bertz CT molecular complexity index is 566. The Hall–Kier alpha value is -2.13. The Morgan fingerprint density at radius 1 is 1.10 bits per heavy atom. The minimum absolute atomic E-state index is 0.265. The number of ether oxygens (including phenoxy) is 1. The third kappa shape index (κ3) is 4.21. The zero-order valence-electron chi connectivity index (χ0n) is 11.6. The smallest absolute Gasteiger partial charge is 0.323 e. The zero-order valence-corrected chi connectivity index (χ0v) is 11.6. The molecule has 3 heteroatoms. The van der Waals surface area contributed by atoms with Crippen molar-refractivity contribution < 1.29 is 9.53 Å². The van der Waals surface area contributed by atoms with E-state index >= 15 is 0 Å². The molecule has 0 fully saturated rings. The van der Waals surface area contributed by atoms with Crippen molar-refractivity contribution in [3.8, 4) is 0 Å². The molecule has 0 aliphatic heterocycles. The average molecular weight is 269 g/mol. The first-order chi connectivity index (χ1) is 9.65. The number of rotatable bonds is 5. The first kappa shape index (κ1) is 14.3. The van der Waals surface area contributed by atoms with Crippen LogP contribution >= 0.6 is 0 Å². The van der Waals surface area contributed by atoms with Gasteiger partial charge in [-0.15, -0.1) is 0 Å². The molecule has 2 aromatic carbocycles. The summed E-state index contributed by atoms with van der Waals surface area (Å²) in [5.74, 6) is -0.365. The molecule has 0 aliphatic rings. The van der Waals surface area contributed by atoms with Gasteiger partial charge in [0.1, 0.15) is 12.6 Å². The molecule has 0 aliphatic carbocycles. The molecule has 0 amide bonds. The summed E-state index contributed by atoms with van der Waals surface area (Å²) in [7, 11) is 0. The lowest BCUT2D eigenvalue weighted by molar-refractivity contribution is -0.146. The lowest BCUT2D eigenvalue weighted by Crippen LogP contribution is -2.34. The molecule has 1 atom stereocenters. The molecular weight excluding hydrogens is 250 g/mol. The van der Waals surface area contributed by atoms with Crippen molar-refractivity contribution in [1.82, 2.24) is 0 Å². The molecule has 20 heavy (non-hydrogen) atoms. The molecule has 0 radical (unpaired) electrons. The van der Waals surface area contributed by atoms with E-state index in [-0.39, 0.29) is 12.6 Å². The molecular formula is C17H19NO2. The van der Waals surface area contributed by atoms with Crippen LogP contribution in [-0.2, 0) is 22.6 Å². The number of hydrogen-bond donors (Lipinski definition) is 1. The fourth-order valence-corrected chi connectivity index (χ4v) is 2.01. The molecule has 0 saturated heterocycles. The van der Waals surface area contributed by atoms with Crippen LogP contribution in [0, 0.1) is 6.92 Å². The third-order valence-corrected chi connectivity index (χ3v) is 3.06. The highest BCUT2D eigenvalue weighted by molar-refractivity contribution is 5.75. The van der Waals surface area contributed by atoms with Crippen molar-refractivity contribution in [1.29, 1.82) is 0 Å². The van der Waals surface area contributed by atoms with Crippen molar-refractivity contribution in [2.45, 2.75) is 26.0 Å². The maximum absolute atomic E-state index is 11.9. The van der Waals surface area contributed by atoms with E-state index in [1.165, 1.54) is 0 Å². The zero-order chi connectivity index (χ0) is 14.4. The Labute approximate surface area is 119 Å². The van der Waals surface area contributed by atoms with Crippen LogP contribution in [0.5, 0.6) is 0 Å². The molecule has 0 saturated carbocycles. The van der Waals surface area contributed by atoms with Crippen LogP contribution in [-0.4, -0.2) is 12.0 Å². The molecule has 0 heterocycles. The molecule has 0 spiro atoms. The van der Waals surface area contributed by atoms with Crippen molar-refractivity contribution in [3.05, 3.63) is 71.3 Å². The summed E-state index contributed by atoms with van der Waals surface area (Å²) in [5.41, 5.74) is 9.06. The van der Waals surface area contributed by atoms with Gasteiger partial charge in [0.05, 0.1) is 0 Å². The fourth-order valence-electron chi connectivity index (χ4n) is 2.01. The topological polar surface area (TPSA) is 52.3 Å². The van der Waals surface area contributed by atoms with Crippen LogP contribution in [0.2, 0.25) is 0 Å². The minimum atomic E-state index is -0.625. The summed E-state index contributed by atoms with van der Waals surface area (Å²) < 4.78 is 5.23. The standard InChI is InChI=1S/C17H19NO2/c1-13-6-5-9-15(10-13)11-16(18)17(19)20-12-14-7-3-2-4-8-14/h2-10,16H,11-12,18H2,1H3. The van der Waals surface area contributed by atoms with Gasteiger partial charge in [0, 0.05) is 0 Å². The number of carbonyl (C=O) groups is 1. The van der Waals surface area contributed by atoms with Gasteiger partial charge in [0.25, 0.3) is 0 Å². The van der Waals surface area contributed by atoms with Crippen molar-refractivity contribution in [2.24, 2.45) is 5.73 Å². The molecule has 104 valence electrons. The minimum Gasteiger partial charge on any atom is -0.460 e. The number of benzene rings is 2.